The minimum absolute atomic E-state index is 0.106. The average Bonchev–Trinajstić information content (AvgIpc) is 3.45. The SMILES string of the molecule is CCOC(=O)[C@@H]1[C@@H]2CCC3(O2)C(C(=O)Nc2ccc4ccccc4c2)N(CCCO)C(=O)[C@H]13. The molecule has 3 aliphatic heterocycles. The molecule has 2 N–H and O–H groups in total. The molecule has 1 spiro atoms. The van der Waals surface area contributed by atoms with Crippen LogP contribution < -0.4 is 5.32 Å². The van der Waals surface area contributed by atoms with Crippen LogP contribution in [0, 0.1) is 11.8 Å². The number of nitrogens with zero attached hydrogens (tertiary/aromatic N) is 1. The minimum atomic E-state index is -1.06. The predicted octanol–water partition coefficient (Wildman–Crippen LogP) is 2.10. The second-order valence-corrected chi connectivity index (χ2v) is 8.97. The molecule has 8 nitrogen and oxygen atoms in total. The molecular formula is C25H28N2O6. The number of nitrogens with one attached hydrogen (secondary N) is 1. The van der Waals surface area contributed by atoms with Gasteiger partial charge in [-0.15, -0.1) is 0 Å². The molecule has 5 atom stereocenters. The molecule has 3 saturated heterocycles. The third-order valence-electron chi connectivity index (χ3n) is 7.18. The summed E-state index contributed by atoms with van der Waals surface area (Å²) in [6.45, 7) is 2.06. The van der Waals surface area contributed by atoms with Gasteiger partial charge in [-0.1, -0.05) is 30.3 Å². The first kappa shape index (κ1) is 21.9. The zero-order valence-electron chi connectivity index (χ0n) is 18.5. The van der Waals surface area contributed by atoms with Crippen LogP contribution in [0.25, 0.3) is 10.8 Å². The van der Waals surface area contributed by atoms with Crippen LogP contribution in [0.1, 0.15) is 26.2 Å². The van der Waals surface area contributed by atoms with Crippen LogP contribution in [-0.4, -0.2) is 65.3 Å². The fraction of sp³-hybridized carbons (Fsp3) is 0.480. The van der Waals surface area contributed by atoms with E-state index in [1.807, 2.05) is 42.5 Å². The summed E-state index contributed by atoms with van der Waals surface area (Å²) < 4.78 is 11.5. The first-order valence-corrected chi connectivity index (χ1v) is 11.6. The van der Waals surface area contributed by atoms with Crippen molar-refractivity contribution in [3.8, 4) is 0 Å². The summed E-state index contributed by atoms with van der Waals surface area (Å²) in [5.74, 6) is -2.52. The third kappa shape index (κ3) is 3.40. The van der Waals surface area contributed by atoms with Crippen molar-refractivity contribution in [2.75, 3.05) is 25.1 Å². The van der Waals surface area contributed by atoms with E-state index >= 15 is 0 Å². The molecule has 0 aliphatic carbocycles. The Morgan fingerprint density at radius 3 is 2.79 bits per heavy atom. The zero-order chi connectivity index (χ0) is 23.2. The van der Waals surface area contributed by atoms with Gasteiger partial charge in [0.15, 0.2) is 0 Å². The number of amides is 2. The quantitative estimate of drug-likeness (QED) is 0.624. The predicted molar refractivity (Wildman–Crippen MR) is 120 cm³/mol. The first-order valence-electron chi connectivity index (χ1n) is 11.6. The van der Waals surface area contributed by atoms with E-state index in [0.717, 1.165) is 10.8 Å². The molecule has 3 fully saturated rings. The highest BCUT2D eigenvalue weighted by Crippen LogP contribution is 2.58. The fourth-order valence-corrected chi connectivity index (χ4v) is 5.92. The smallest absolute Gasteiger partial charge is 0.312 e. The molecule has 33 heavy (non-hydrogen) atoms. The van der Waals surface area contributed by atoms with Crippen molar-refractivity contribution >= 4 is 34.2 Å². The van der Waals surface area contributed by atoms with Crippen LogP contribution in [0.4, 0.5) is 5.69 Å². The van der Waals surface area contributed by atoms with Crippen molar-refractivity contribution in [1.29, 1.82) is 0 Å². The van der Waals surface area contributed by atoms with Crippen LogP contribution in [0.15, 0.2) is 42.5 Å². The maximum atomic E-state index is 13.6. The number of anilines is 1. The number of rotatable bonds is 7. The standard InChI is InChI=1S/C25H28N2O6/c1-2-32-24(31)19-18-10-11-25(33-18)20(19)23(30)27(12-5-13-28)21(25)22(29)26-17-9-8-15-6-3-4-7-16(15)14-17/h3-4,6-9,14,18-21,28H,2,5,10-13H2,1H3,(H,26,29)/t18-,19+,20-,21?,25?/m0/s1. The first-order chi connectivity index (χ1) is 16.0. The van der Waals surface area contributed by atoms with Crippen molar-refractivity contribution in [2.45, 2.75) is 43.9 Å². The summed E-state index contributed by atoms with van der Waals surface area (Å²) in [6.07, 6.45) is 1.03. The number of esters is 1. The van der Waals surface area contributed by atoms with Crippen molar-refractivity contribution < 1.29 is 29.0 Å². The monoisotopic (exact) mass is 452 g/mol. The molecule has 2 unspecified atom stereocenters. The van der Waals surface area contributed by atoms with Gasteiger partial charge in [-0.25, -0.2) is 0 Å². The number of ether oxygens (including phenoxy) is 2. The lowest BCUT2D eigenvalue weighted by atomic mass is 9.71. The van der Waals surface area contributed by atoms with E-state index in [9.17, 15) is 19.5 Å². The van der Waals surface area contributed by atoms with E-state index in [-0.39, 0.29) is 31.6 Å². The number of aliphatic hydroxyl groups is 1. The Balaban J connectivity index is 1.48. The van der Waals surface area contributed by atoms with E-state index < -0.39 is 35.6 Å². The van der Waals surface area contributed by atoms with E-state index in [1.54, 1.807) is 6.92 Å². The van der Waals surface area contributed by atoms with E-state index in [0.29, 0.717) is 24.9 Å². The van der Waals surface area contributed by atoms with Gasteiger partial charge in [0, 0.05) is 18.8 Å². The second-order valence-electron chi connectivity index (χ2n) is 8.97. The van der Waals surface area contributed by atoms with E-state index in [1.165, 1.54) is 4.90 Å². The summed E-state index contributed by atoms with van der Waals surface area (Å²) in [5, 5.41) is 14.4. The number of likely N-dealkylation sites (tertiary alicyclic amines) is 1. The van der Waals surface area contributed by atoms with Gasteiger partial charge in [-0.3, -0.25) is 14.4 Å². The third-order valence-corrected chi connectivity index (χ3v) is 7.18. The van der Waals surface area contributed by atoms with E-state index in [2.05, 4.69) is 5.32 Å². The van der Waals surface area contributed by atoms with Crippen LogP contribution in [-0.2, 0) is 23.9 Å². The molecule has 3 heterocycles. The van der Waals surface area contributed by atoms with Crippen LogP contribution >= 0.6 is 0 Å². The molecule has 174 valence electrons. The molecule has 3 aliphatic rings. The Kier molecular flexibility index (Phi) is 5.58. The number of carbonyl (C=O) groups is 3. The molecule has 0 aromatic heterocycles. The van der Waals surface area contributed by atoms with Gasteiger partial charge in [0.1, 0.15) is 11.6 Å². The van der Waals surface area contributed by atoms with Gasteiger partial charge < -0.3 is 24.8 Å². The Bertz CT molecular complexity index is 1100. The Morgan fingerprint density at radius 2 is 2.03 bits per heavy atom. The van der Waals surface area contributed by atoms with Crippen LogP contribution in [0.5, 0.6) is 0 Å². The minimum Gasteiger partial charge on any atom is -0.466 e. The summed E-state index contributed by atoms with van der Waals surface area (Å²) >= 11 is 0. The van der Waals surface area contributed by atoms with Gasteiger partial charge in [0.25, 0.3) is 0 Å². The molecule has 2 aromatic carbocycles. The molecule has 2 bridgehead atoms. The maximum absolute atomic E-state index is 13.6. The lowest BCUT2D eigenvalue weighted by molar-refractivity contribution is -0.154. The Labute approximate surface area is 191 Å². The number of fused-ring (bicyclic) bond motifs is 2. The largest absolute Gasteiger partial charge is 0.466 e. The van der Waals surface area contributed by atoms with Crippen molar-refractivity contribution in [3.63, 3.8) is 0 Å². The zero-order valence-corrected chi connectivity index (χ0v) is 18.5. The number of hydrogen-bond acceptors (Lipinski definition) is 6. The molecule has 8 heteroatoms. The molecule has 2 aromatic rings. The van der Waals surface area contributed by atoms with Gasteiger partial charge in [-0.05, 0) is 49.1 Å². The average molecular weight is 453 g/mol. The van der Waals surface area contributed by atoms with E-state index in [4.69, 9.17) is 9.47 Å². The summed E-state index contributed by atoms with van der Waals surface area (Å²) in [7, 11) is 0. The number of aliphatic hydroxyl groups excluding tert-OH is 1. The lowest BCUT2D eigenvalue weighted by Crippen LogP contribution is -2.53. The number of carbonyl (C=O) groups excluding carboxylic acids is 3. The van der Waals surface area contributed by atoms with Gasteiger partial charge in [0.05, 0.1) is 24.5 Å². The summed E-state index contributed by atoms with van der Waals surface area (Å²) in [6, 6.07) is 12.6. The summed E-state index contributed by atoms with van der Waals surface area (Å²) in [5.41, 5.74) is -0.433. The molecule has 5 rings (SSSR count). The lowest BCUT2D eigenvalue weighted by Gasteiger charge is -2.33. The van der Waals surface area contributed by atoms with Crippen LogP contribution in [0.2, 0.25) is 0 Å². The topological polar surface area (TPSA) is 105 Å². The van der Waals surface area contributed by atoms with Gasteiger partial charge in [-0.2, -0.15) is 0 Å². The summed E-state index contributed by atoms with van der Waals surface area (Å²) in [4.78, 5) is 41.4. The Morgan fingerprint density at radius 1 is 1.24 bits per heavy atom. The van der Waals surface area contributed by atoms with Crippen LogP contribution in [0.3, 0.4) is 0 Å². The molecular weight excluding hydrogens is 424 g/mol. The molecule has 0 radical (unpaired) electrons. The highest BCUT2D eigenvalue weighted by molar-refractivity contribution is 6.04. The van der Waals surface area contributed by atoms with Crippen molar-refractivity contribution in [2.24, 2.45) is 11.8 Å². The van der Waals surface area contributed by atoms with Gasteiger partial charge in [0.2, 0.25) is 11.8 Å². The van der Waals surface area contributed by atoms with Crippen molar-refractivity contribution in [3.05, 3.63) is 42.5 Å². The molecule has 2 amide bonds. The number of benzene rings is 2. The normalized spacial score (nSPS) is 30.0. The Hall–Kier alpha value is -2.97. The molecule has 0 saturated carbocycles. The fourth-order valence-electron chi connectivity index (χ4n) is 5.92. The second kappa shape index (κ2) is 8.43. The van der Waals surface area contributed by atoms with Crippen molar-refractivity contribution in [1.82, 2.24) is 4.90 Å². The highest BCUT2D eigenvalue weighted by Gasteiger charge is 2.74. The van der Waals surface area contributed by atoms with Gasteiger partial charge >= 0.3 is 5.97 Å². The number of hydrogen-bond donors (Lipinski definition) is 2. The maximum Gasteiger partial charge on any atom is 0.312 e. The highest BCUT2D eigenvalue weighted by atomic mass is 16.6.